The van der Waals surface area contributed by atoms with Gasteiger partial charge >= 0.3 is 6.18 Å². The van der Waals surface area contributed by atoms with Crippen LogP contribution >= 0.6 is 11.6 Å². The highest BCUT2D eigenvalue weighted by atomic mass is 35.5. The monoisotopic (exact) mass is 302 g/mol. The van der Waals surface area contributed by atoms with Crippen LogP contribution in [0.3, 0.4) is 0 Å². The number of benzene rings is 1. The average Bonchev–Trinajstić information content (AvgIpc) is 3.05. The molecule has 20 heavy (non-hydrogen) atoms. The summed E-state index contributed by atoms with van der Waals surface area (Å²) in [6.45, 7) is 1.80. The van der Waals surface area contributed by atoms with Crippen LogP contribution in [0.2, 0.25) is 5.02 Å². The molecule has 2 aromatic rings. The van der Waals surface area contributed by atoms with Crippen molar-refractivity contribution in [3.05, 3.63) is 46.7 Å². The van der Waals surface area contributed by atoms with Gasteiger partial charge in [0.05, 0.1) is 11.4 Å². The molecule has 2 atom stereocenters. The summed E-state index contributed by atoms with van der Waals surface area (Å²) < 4.78 is 44.1. The Hall–Kier alpha value is -1.53. The number of rotatable bonds is 2. The first kappa shape index (κ1) is 13.5. The van der Waals surface area contributed by atoms with Gasteiger partial charge in [-0.2, -0.15) is 18.3 Å². The molecule has 1 aliphatic rings. The number of nitrogens with zero attached hydrogens (tertiary/aromatic N) is 2. The molecule has 0 aliphatic carbocycles. The van der Waals surface area contributed by atoms with E-state index in [-0.39, 0.29) is 0 Å². The Labute approximate surface area is 117 Å². The second kappa shape index (κ2) is 4.49. The van der Waals surface area contributed by atoms with E-state index in [9.17, 15) is 13.2 Å². The Morgan fingerprint density at radius 2 is 2.05 bits per heavy atom. The third-order valence-corrected chi connectivity index (χ3v) is 3.32. The van der Waals surface area contributed by atoms with Crippen LogP contribution in [0.15, 0.2) is 30.5 Å². The van der Waals surface area contributed by atoms with Crippen LogP contribution < -0.4 is 0 Å². The minimum Gasteiger partial charge on any atom is -0.355 e. The highest BCUT2D eigenvalue weighted by Gasteiger charge is 2.59. The van der Waals surface area contributed by atoms with E-state index >= 15 is 0 Å². The minimum absolute atomic E-state index is 0.430. The van der Waals surface area contributed by atoms with Crippen molar-refractivity contribution in [1.29, 1.82) is 0 Å². The standard InChI is InChI=1S/C13H10ClF3N2O/c1-7-4-5-19(18-7)10-6-8(14)2-3-9(10)11-12(20-11)13(15,16)17/h2-6,11-12H,1H3. The molecule has 1 saturated heterocycles. The molecule has 1 aliphatic heterocycles. The second-order valence-electron chi connectivity index (χ2n) is 4.62. The minimum atomic E-state index is -4.36. The normalized spacial score (nSPS) is 22.1. The zero-order valence-corrected chi connectivity index (χ0v) is 11.1. The van der Waals surface area contributed by atoms with E-state index in [1.165, 1.54) is 4.68 Å². The second-order valence-corrected chi connectivity index (χ2v) is 5.06. The summed E-state index contributed by atoms with van der Waals surface area (Å²) in [5.74, 6) is 0. The van der Waals surface area contributed by atoms with Gasteiger partial charge in [0.1, 0.15) is 6.10 Å². The van der Waals surface area contributed by atoms with Crippen molar-refractivity contribution in [1.82, 2.24) is 9.78 Å². The molecule has 0 N–H and O–H groups in total. The number of hydrogen-bond donors (Lipinski definition) is 0. The molecule has 1 aromatic heterocycles. The van der Waals surface area contributed by atoms with E-state index < -0.39 is 18.4 Å². The van der Waals surface area contributed by atoms with Gasteiger partial charge < -0.3 is 4.74 Å². The molecule has 1 aromatic carbocycles. The van der Waals surface area contributed by atoms with Gasteiger partial charge in [-0.15, -0.1) is 0 Å². The summed E-state index contributed by atoms with van der Waals surface area (Å²) >= 11 is 5.92. The molecule has 0 spiro atoms. The van der Waals surface area contributed by atoms with Gasteiger partial charge in [0.2, 0.25) is 0 Å². The van der Waals surface area contributed by atoms with E-state index in [4.69, 9.17) is 16.3 Å². The van der Waals surface area contributed by atoms with Crippen molar-refractivity contribution in [3.8, 4) is 5.69 Å². The fourth-order valence-corrected chi connectivity index (χ4v) is 2.27. The van der Waals surface area contributed by atoms with Crippen molar-refractivity contribution < 1.29 is 17.9 Å². The molecule has 7 heteroatoms. The zero-order chi connectivity index (χ0) is 14.5. The van der Waals surface area contributed by atoms with Crippen molar-refractivity contribution in [3.63, 3.8) is 0 Å². The van der Waals surface area contributed by atoms with Gasteiger partial charge in [0, 0.05) is 16.8 Å². The largest absolute Gasteiger partial charge is 0.417 e. The molecular weight excluding hydrogens is 293 g/mol. The predicted octanol–water partition coefficient (Wildman–Crippen LogP) is 3.84. The SMILES string of the molecule is Cc1ccn(-c2cc(Cl)ccc2C2OC2C(F)(F)F)n1. The zero-order valence-electron chi connectivity index (χ0n) is 10.4. The van der Waals surface area contributed by atoms with Gasteiger partial charge in [-0.1, -0.05) is 17.7 Å². The highest BCUT2D eigenvalue weighted by molar-refractivity contribution is 6.30. The average molecular weight is 303 g/mol. The number of hydrogen-bond acceptors (Lipinski definition) is 2. The van der Waals surface area contributed by atoms with E-state index in [0.717, 1.165) is 5.69 Å². The molecule has 0 radical (unpaired) electrons. The van der Waals surface area contributed by atoms with E-state index in [1.54, 1.807) is 37.4 Å². The fourth-order valence-electron chi connectivity index (χ4n) is 2.10. The van der Waals surface area contributed by atoms with Crippen molar-refractivity contribution in [2.75, 3.05) is 0 Å². The molecule has 0 saturated carbocycles. The Balaban J connectivity index is 2.01. The quantitative estimate of drug-likeness (QED) is 0.789. The molecule has 2 unspecified atom stereocenters. The smallest absolute Gasteiger partial charge is 0.355 e. The Morgan fingerprint density at radius 1 is 1.30 bits per heavy atom. The molecule has 3 nitrogen and oxygen atoms in total. The number of alkyl halides is 3. The lowest BCUT2D eigenvalue weighted by atomic mass is 10.1. The first-order chi connectivity index (χ1) is 9.36. The van der Waals surface area contributed by atoms with Gasteiger partial charge in [0.25, 0.3) is 0 Å². The lowest BCUT2D eigenvalue weighted by molar-refractivity contribution is -0.146. The molecule has 3 rings (SSSR count). The number of aryl methyl sites for hydroxylation is 1. The number of ether oxygens (including phenoxy) is 1. The van der Waals surface area contributed by atoms with Crippen LogP contribution in [0, 0.1) is 6.92 Å². The summed E-state index contributed by atoms with van der Waals surface area (Å²) in [6.07, 6.45) is -5.43. The topological polar surface area (TPSA) is 30.4 Å². The van der Waals surface area contributed by atoms with Gasteiger partial charge in [0.15, 0.2) is 6.10 Å². The first-order valence-electron chi connectivity index (χ1n) is 5.90. The molecule has 106 valence electrons. The Kier molecular flexibility index (Phi) is 3.02. The maximum atomic E-state index is 12.6. The fraction of sp³-hybridized carbons (Fsp3) is 0.308. The third-order valence-electron chi connectivity index (χ3n) is 3.08. The Morgan fingerprint density at radius 3 is 2.60 bits per heavy atom. The summed E-state index contributed by atoms with van der Waals surface area (Å²) in [6, 6.07) is 6.44. The van der Waals surface area contributed by atoms with Crippen LogP contribution in [0.25, 0.3) is 5.69 Å². The lowest BCUT2D eigenvalue weighted by Gasteiger charge is -2.09. The van der Waals surface area contributed by atoms with Crippen LogP contribution in [0.5, 0.6) is 0 Å². The van der Waals surface area contributed by atoms with Gasteiger partial charge in [-0.3, -0.25) is 0 Å². The van der Waals surface area contributed by atoms with Crippen LogP contribution in [0.4, 0.5) is 13.2 Å². The van der Waals surface area contributed by atoms with Crippen LogP contribution in [-0.4, -0.2) is 22.1 Å². The van der Waals surface area contributed by atoms with E-state index in [1.807, 2.05) is 0 Å². The van der Waals surface area contributed by atoms with Crippen LogP contribution in [0.1, 0.15) is 17.4 Å². The van der Waals surface area contributed by atoms with Crippen molar-refractivity contribution >= 4 is 11.6 Å². The molecule has 2 heterocycles. The van der Waals surface area contributed by atoms with Gasteiger partial charge in [-0.05, 0) is 25.1 Å². The maximum absolute atomic E-state index is 12.6. The predicted molar refractivity (Wildman–Crippen MR) is 67.0 cm³/mol. The number of halogens is 4. The maximum Gasteiger partial charge on any atom is 0.417 e. The number of epoxide rings is 1. The summed E-state index contributed by atoms with van der Waals surface area (Å²) in [5, 5.41) is 4.63. The van der Waals surface area contributed by atoms with Crippen molar-refractivity contribution in [2.45, 2.75) is 25.3 Å². The first-order valence-corrected chi connectivity index (χ1v) is 6.28. The molecular formula is C13H10ClF3N2O. The highest BCUT2D eigenvalue weighted by Crippen LogP contribution is 2.49. The molecule has 0 amide bonds. The van der Waals surface area contributed by atoms with Gasteiger partial charge in [-0.25, -0.2) is 4.68 Å². The molecule has 1 fully saturated rings. The summed E-state index contributed by atoms with van der Waals surface area (Å²) in [4.78, 5) is 0. The molecule has 0 bridgehead atoms. The summed E-state index contributed by atoms with van der Waals surface area (Å²) in [5.41, 5.74) is 1.70. The lowest BCUT2D eigenvalue weighted by Crippen LogP contribution is -2.17. The van der Waals surface area contributed by atoms with E-state index in [2.05, 4.69) is 5.10 Å². The number of aromatic nitrogens is 2. The Bertz CT molecular complexity index is 653. The van der Waals surface area contributed by atoms with Crippen molar-refractivity contribution in [2.24, 2.45) is 0 Å². The van der Waals surface area contributed by atoms with Crippen LogP contribution in [-0.2, 0) is 4.74 Å². The summed E-state index contributed by atoms with van der Waals surface area (Å²) in [7, 11) is 0. The van der Waals surface area contributed by atoms with E-state index in [0.29, 0.717) is 16.3 Å². The third kappa shape index (κ3) is 2.41.